The molecule has 30 heavy (non-hydrogen) atoms. The van der Waals surface area contributed by atoms with E-state index in [1.807, 2.05) is 6.92 Å². The minimum atomic E-state index is -3.91. The number of likely N-dealkylation sites (tertiary alicyclic amines) is 1. The van der Waals surface area contributed by atoms with Crippen LogP contribution in [0, 0.1) is 22.7 Å². The summed E-state index contributed by atoms with van der Waals surface area (Å²) < 4.78 is 30.1. The molecule has 160 valence electrons. The molecular formula is C21H25N3O5S. The number of carbonyl (C=O) groups excluding carboxylic acids is 2. The van der Waals surface area contributed by atoms with Gasteiger partial charge in [-0.25, -0.2) is 0 Å². The number of nitrogens with one attached hydrogen (secondary N) is 1. The molecule has 1 aromatic rings. The van der Waals surface area contributed by atoms with Crippen LogP contribution in [0.4, 0.5) is 0 Å². The Labute approximate surface area is 176 Å². The van der Waals surface area contributed by atoms with E-state index in [2.05, 4.69) is 11.4 Å². The van der Waals surface area contributed by atoms with Crippen LogP contribution in [-0.2, 0) is 23.9 Å². The fourth-order valence-electron chi connectivity index (χ4n) is 3.81. The van der Waals surface area contributed by atoms with Gasteiger partial charge in [-0.15, -0.1) is 0 Å². The smallest absolute Gasteiger partial charge is 0.296 e. The van der Waals surface area contributed by atoms with Gasteiger partial charge in [0.25, 0.3) is 10.1 Å². The minimum Gasteiger partial charge on any atom is -0.336 e. The lowest BCUT2D eigenvalue weighted by molar-refractivity contribution is -0.142. The maximum absolute atomic E-state index is 13.0. The van der Waals surface area contributed by atoms with Crippen LogP contribution < -0.4 is 5.32 Å². The van der Waals surface area contributed by atoms with E-state index in [9.17, 15) is 23.3 Å². The summed E-state index contributed by atoms with van der Waals surface area (Å²) in [5.74, 6) is -0.722. The Morgan fingerprint density at radius 1 is 1.23 bits per heavy atom. The molecule has 2 saturated carbocycles. The fraction of sp³-hybridized carbons (Fsp3) is 0.571. The molecule has 2 aliphatic carbocycles. The van der Waals surface area contributed by atoms with E-state index in [1.165, 1.54) is 12.1 Å². The first-order valence-electron chi connectivity index (χ1n) is 10.2. The molecule has 9 heteroatoms. The highest BCUT2D eigenvalue weighted by molar-refractivity contribution is 7.86. The molecule has 2 amide bonds. The zero-order valence-electron chi connectivity index (χ0n) is 16.8. The predicted octanol–water partition coefficient (Wildman–Crippen LogP) is 1.58. The number of rotatable bonds is 7. The molecule has 2 unspecified atom stereocenters. The van der Waals surface area contributed by atoms with E-state index in [4.69, 9.17) is 4.18 Å². The predicted molar refractivity (Wildman–Crippen MR) is 106 cm³/mol. The topological polar surface area (TPSA) is 117 Å². The van der Waals surface area contributed by atoms with Crippen molar-refractivity contribution in [3.05, 3.63) is 30.3 Å². The summed E-state index contributed by atoms with van der Waals surface area (Å²) in [7, 11) is -3.91. The zero-order chi connectivity index (χ0) is 21.6. The van der Waals surface area contributed by atoms with Gasteiger partial charge in [-0.2, -0.15) is 13.7 Å². The Kier molecular flexibility index (Phi) is 5.11. The summed E-state index contributed by atoms with van der Waals surface area (Å²) >= 11 is 0. The van der Waals surface area contributed by atoms with Crippen LogP contribution in [0.3, 0.4) is 0 Å². The Hall–Kier alpha value is -2.44. The largest absolute Gasteiger partial charge is 0.336 e. The van der Waals surface area contributed by atoms with Crippen molar-refractivity contribution in [3.63, 3.8) is 0 Å². The summed E-state index contributed by atoms with van der Waals surface area (Å²) in [6, 6.07) is 9.28. The average Bonchev–Trinajstić information content (AvgIpc) is 3.64. The van der Waals surface area contributed by atoms with E-state index < -0.39 is 27.1 Å². The monoisotopic (exact) mass is 431 g/mol. The van der Waals surface area contributed by atoms with Gasteiger partial charge in [0.15, 0.2) is 0 Å². The highest BCUT2D eigenvalue weighted by Crippen LogP contribution is 2.48. The molecule has 1 aromatic carbocycles. The molecular weight excluding hydrogens is 406 g/mol. The van der Waals surface area contributed by atoms with Crippen molar-refractivity contribution in [2.75, 3.05) is 13.2 Å². The maximum Gasteiger partial charge on any atom is 0.296 e. The first kappa shape index (κ1) is 20.8. The first-order chi connectivity index (χ1) is 14.2. The molecule has 8 nitrogen and oxygen atoms in total. The Morgan fingerprint density at radius 2 is 1.90 bits per heavy atom. The second-order valence-electron chi connectivity index (χ2n) is 8.87. The van der Waals surface area contributed by atoms with Gasteiger partial charge >= 0.3 is 0 Å². The number of benzene rings is 1. The number of nitriles is 1. The van der Waals surface area contributed by atoms with Crippen molar-refractivity contribution < 1.29 is 22.2 Å². The number of hydrogen-bond acceptors (Lipinski definition) is 6. The molecule has 4 rings (SSSR count). The highest BCUT2D eigenvalue weighted by atomic mass is 32.2. The first-order valence-corrected chi connectivity index (χ1v) is 11.6. The van der Waals surface area contributed by atoms with Gasteiger partial charge in [0.2, 0.25) is 11.8 Å². The molecule has 2 atom stereocenters. The van der Waals surface area contributed by atoms with Crippen LogP contribution in [0.15, 0.2) is 35.2 Å². The van der Waals surface area contributed by atoms with Crippen molar-refractivity contribution in [1.29, 1.82) is 5.26 Å². The van der Waals surface area contributed by atoms with Crippen molar-refractivity contribution in [3.8, 4) is 6.07 Å². The SMILES string of the molecule is CC1(C(=O)N2CC(COS(=O)(=O)c3ccccc3)CC2C(=O)NC2(C#N)CC2)CC1. The van der Waals surface area contributed by atoms with Crippen LogP contribution in [0.5, 0.6) is 0 Å². The molecule has 1 saturated heterocycles. The summed E-state index contributed by atoms with van der Waals surface area (Å²) in [5.41, 5.74) is -1.27. The minimum absolute atomic E-state index is 0.0698. The molecule has 0 spiro atoms. The third-order valence-electron chi connectivity index (χ3n) is 6.28. The number of hydrogen-bond donors (Lipinski definition) is 1. The Balaban J connectivity index is 1.45. The zero-order valence-corrected chi connectivity index (χ0v) is 17.7. The Morgan fingerprint density at radius 3 is 2.47 bits per heavy atom. The van der Waals surface area contributed by atoms with E-state index in [0.29, 0.717) is 19.3 Å². The summed E-state index contributed by atoms with van der Waals surface area (Å²) in [6.45, 7) is 2.03. The molecule has 3 fully saturated rings. The van der Waals surface area contributed by atoms with Gasteiger partial charge in [0.1, 0.15) is 11.6 Å². The summed E-state index contributed by atoms with van der Waals surface area (Å²) in [5, 5.41) is 12.0. The lowest BCUT2D eigenvalue weighted by Gasteiger charge is -2.27. The molecule has 0 radical (unpaired) electrons. The van der Waals surface area contributed by atoms with Gasteiger partial charge in [0.05, 0.1) is 17.6 Å². The third kappa shape index (κ3) is 4.07. The van der Waals surface area contributed by atoms with Crippen LogP contribution in [0.2, 0.25) is 0 Å². The molecule has 0 aromatic heterocycles. The van der Waals surface area contributed by atoms with Gasteiger partial charge in [-0.3, -0.25) is 13.8 Å². The molecule has 0 bridgehead atoms. The quantitative estimate of drug-likeness (QED) is 0.655. The van der Waals surface area contributed by atoms with Gasteiger partial charge in [0, 0.05) is 17.9 Å². The second kappa shape index (κ2) is 7.36. The lowest BCUT2D eigenvalue weighted by atomic mass is 10.1. The highest BCUT2D eigenvalue weighted by Gasteiger charge is 2.53. The van der Waals surface area contributed by atoms with Crippen molar-refractivity contribution in [2.24, 2.45) is 11.3 Å². The molecule has 1 aliphatic heterocycles. The normalized spacial score (nSPS) is 25.9. The lowest BCUT2D eigenvalue weighted by Crippen LogP contribution is -2.50. The standard InChI is InChI=1S/C21H25N3O5S/c1-20(7-8-20)19(26)24-12-15(11-17(24)18(25)23-21(14-22)9-10-21)13-29-30(27,28)16-5-3-2-4-6-16/h2-6,15,17H,7-13H2,1H3,(H,23,25). The van der Waals surface area contributed by atoms with Crippen LogP contribution in [-0.4, -0.2) is 49.9 Å². The number of amides is 2. The summed E-state index contributed by atoms with van der Waals surface area (Å²) in [6.07, 6.45) is 3.08. The van der Waals surface area contributed by atoms with Crippen molar-refractivity contribution >= 4 is 21.9 Å². The van der Waals surface area contributed by atoms with E-state index in [-0.39, 0.29) is 35.8 Å². The van der Waals surface area contributed by atoms with Gasteiger partial charge in [-0.05, 0) is 44.2 Å². The van der Waals surface area contributed by atoms with Gasteiger partial charge in [-0.1, -0.05) is 25.1 Å². The van der Waals surface area contributed by atoms with E-state index in [0.717, 1.165) is 12.8 Å². The van der Waals surface area contributed by atoms with E-state index in [1.54, 1.807) is 23.1 Å². The molecule has 3 aliphatic rings. The van der Waals surface area contributed by atoms with Crippen molar-refractivity contribution in [2.45, 2.75) is 55.5 Å². The Bertz CT molecular complexity index is 993. The molecule has 1 N–H and O–H groups in total. The number of carbonyl (C=O) groups is 2. The van der Waals surface area contributed by atoms with Crippen LogP contribution in [0.1, 0.15) is 39.0 Å². The summed E-state index contributed by atoms with van der Waals surface area (Å²) in [4.78, 5) is 27.5. The average molecular weight is 432 g/mol. The second-order valence-corrected chi connectivity index (χ2v) is 10.5. The third-order valence-corrected chi connectivity index (χ3v) is 7.58. The van der Waals surface area contributed by atoms with Crippen LogP contribution >= 0.6 is 0 Å². The number of nitrogens with zero attached hydrogens (tertiary/aromatic N) is 2. The molecule has 1 heterocycles. The van der Waals surface area contributed by atoms with Crippen molar-refractivity contribution in [1.82, 2.24) is 10.2 Å². The van der Waals surface area contributed by atoms with Gasteiger partial charge < -0.3 is 10.2 Å². The fourth-order valence-corrected chi connectivity index (χ4v) is 4.81. The van der Waals surface area contributed by atoms with E-state index >= 15 is 0 Å². The maximum atomic E-state index is 13.0. The van der Waals surface area contributed by atoms with Crippen LogP contribution in [0.25, 0.3) is 0 Å².